The molecule has 84 valence electrons. The number of methoxy groups -OCH3 is 1. The lowest BCUT2D eigenvalue weighted by atomic mass is 10.1. The minimum Gasteiger partial charge on any atom is -0.379 e. The monoisotopic (exact) mass is 230 g/mol. The van der Waals surface area contributed by atoms with Gasteiger partial charge in [0.1, 0.15) is 5.15 Å². The average molecular weight is 231 g/mol. The summed E-state index contributed by atoms with van der Waals surface area (Å²) in [5.41, 5.74) is -0.374. The fourth-order valence-corrected chi connectivity index (χ4v) is 1.20. The molecule has 4 nitrogen and oxygen atoms in total. The Kier molecular flexibility index (Phi) is 3.88. The van der Waals surface area contributed by atoms with E-state index in [4.69, 9.17) is 16.3 Å². The van der Waals surface area contributed by atoms with E-state index in [2.05, 4.69) is 4.98 Å². The van der Waals surface area contributed by atoms with Crippen LogP contribution in [0.2, 0.25) is 5.15 Å². The third-order valence-corrected chi connectivity index (χ3v) is 2.56. The van der Waals surface area contributed by atoms with Crippen LogP contribution in [0.3, 0.4) is 0 Å². The Morgan fingerprint density at radius 2 is 2.27 bits per heavy atom. The summed E-state index contributed by atoms with van der Waals surface area (Å²) in [4.78, 5) is 15.3. The van der Waals surface area contributed by atoms with Gasteiger partial charge in [-0.05, 0) is 20.3 Å². The van der Waals surface area contributed by atoms with Gasteiger partial charge in [0.25, 0.3) is 5.56 Å². The molecule has 0 amide bonds. The van der Waals surface area contributed by atoms with Crippen LogP contribution in [-0.4, -0.2) is 22.3 Å². The van der Waals surface area contributed by atoms with Crippen molar-refractivity contribution in [1.82, 2.24) is 9.55 Å². The third kappa shape index (κ3) is 3.64. The topological polar surface area (TPSA) is 44.1 Å². The Labute approximate surface area is 93.8 Å². The summed E-state index contributed by atoms with van der Waals surface area (Å²) in [5, 5.41) is 0.224. The number of nitrogens with zero attached hydrogens (tertiary/aromatic N) is 2. The van der Waals surface area contributed by atoms with Crippen LogP contribution in [0.5, 0.6) is 0 Å². The lowest BCUT2D eigenvalue weighted by molar-refractivity contribution is 0.0118. The highest BCUT2D eigenvalue weighted by Gasteiger charge is 2.16. The van der Waals surface area contributed by atoms with Crippen LogP contribution < -0.4 is 5.56 Å². The van der Waals surface area contributed by atoms with Crippen molar-refractivity contribution in [2.24, 2.45) is 0 Å². The van der Waals surface area contributed by atoms with E-state index in [9.17, 15) is 4.79 Å². The molecule has 1 heterocycles. The molecule has 0 aliphatic carbocycles. The summed E-state index contributed by atoms with van der Waals surface area (Å²) >= 11 is 5.59. The highest BCUT2D eigenvalue weighted by Crippen LogP contribution is 2.13. The van der Waals surface area contributed by atoms with Crippen molar-refractivity contribution in [1.29, 1.82) is 0 Å². The molecule has 0 aliphatic rings. The van der Waals surface area contributed by atoms with Crippen LogP contribution in [0, 0.1) is 0 Å². The second-order valence-corrected chi connectivity index (χ2v) is 4.34. The number of halogens is 1. The highest BCUT2D eigenvalue weighted by atomic mass is 35.5. The molecule has 1 aromatic heterocycles. The van der Waals surface area contributed by atoms with Gasteiger partial charge in [-0.1, -0.05) is 11.6 Å². The molecule has 1 rings (SSSR count). The Balaban J connectivity index is 2.70. The van der Waals surface area contributed by atoms with Gasteiger partial charge in [-0.25, -0.2) is 4.98 Å². The summed E-state index contributed by atoms with van der Waals surface area (Å²) < 4.78 is 6.78. The summed E-state index contributed by atoms with van der Waals surface area (Å²) in [6, 6.07) is 1.31. The van der Waals surface area contributed by atoms with Crippen molar-refractivity contribution in [2.45, 2.75) is 32.4 Å². The summed E-state index contributed by atoms with van der Waals surface area (Å²) in [6.45, 7) is 4.52. The van der Waals surface area contributed by atoms with Crippen LogP contribution in [0.15, 0.2) is 17.2 Å². The van der Waals surface area contributed by atoms with Crippen LogP contribution in [0.4, 0.5) is 0 Å². The molecular weight excluding hydrogens is 216 g/mol. The van der Waals surface area contributed by atoms with E-state index in [1.807, 2.05) is 13.8 Å². The molecule has 0 N–H and O–H groups in total. The van der Waals surface area contributed by atoms with Crippen LogP contribution in [-0.2, 0) is 11.3 Å². The number of hydrogen-bond donors (Lipinski definition) is 0. The molecule has 0 aliphatic heterocycles. The SMILES string of the molecule is COC(C)(C)CCn1cnc(Cl)cc1=O. The molecule has 15 heavy (non-hydrogen) atoms. The van der Waals surface area contributed by atoms with E-state index in [1.165, 1.54) is 17.0 Å². The maximum absolute atomic E-state index is 11.4. The van der Waals surface area contributed by atoms with Crippen LogP contribution in [0.25, 0.3) is 0 Å². The Morgan fingerprint density at radius 1 is 1.60 bits per heavy atom. The number of hydrogen-bond acceptors (Lipinski definition) is 3. The molecule has 0 fully saturated rings. The molecule has 0 spiro atoms. The van der Waals surface area contributed by atoms with Crippen molar-refractivity contribution >= 4 is 11.6 Å². The van der Waals surface area contributed by atoms with Crippen LogP contribution >= 0.6 is 11.6 Å². The fourth-order valence-electron chi connectivity index (χ4n) is 1.06. The first-order valence-corrected chi connectivity index (χ1v) is 5.09. The second kappa shape index (κ2) is 4.77. The van der Waals surface area contributed by atoms with E-state index in [1.54, 1.807) is 7.11 Å². The minimum absolute atomic E-state index is 0.137. The number of aryl methyl sites for hydroxylation is 1. The highest BCUT2D eigenvalue weighted by molar-refractivity contribution is 6.29. The van der Waals surface area contributed by atoms with E-state index in [0.717, 1.165) is 6.42 Å². The normalized spacial score (nSPS) is 11.7. The predicted molar refractivity (Wildman–Crippen MR) is 59.2 cm³/mol. The molecule has 1 aromatic rings. The molecule has 0 saturated heterocycles. The second-order valence-electron chi connectivity index (χ2n) is 3.96. The van der Waals surface area contributed by atoms with Gasteiger partial charge in [0.15, 0.2) is 0 Å². The molecule has 0 unspecified atom stereocenters. The van der Waals surface area contributed by atoms with Gasteiger partial charge in [0.05, 0.1) is 11.9 Å². The first-order valence-electron chi connectivity index (χ1n) is 4.72. The standard InChI is InChI=1S/C10H15ClN2O2/c1-10(2,15-3)4-5-13-7-12-8(11)6-9(13)14/h6-7H,4-5H2,1-3H3. The molecule has 0 aromatic carbocycles. The molecule has 0 bridgehead atoms. The zero-order chi connectivity index (χ0) is 11.5. The Hall–Kier alpha value is -0.870. The van der Waals surface area contributed by atoms with Crippen molar-refractivity contribution in [2.75, 3.05) is 7.11 Å². The van der Waals surface area contributed by atoms with Gasteiger partial charge in [-0.3, -0.25) is 9.36 Å². The van der Waals surface area contributed by atoms with Gasteiger partial charge >= 0.3 is 0 Å². The molecule has 0 atom stereocenters. The van der Waals surface area contributed by atoms with Gasteiger partial charge in [-0.2, -0.15) is 0 Å². The summed E-state index contributed by atoms with van der Waals surface area (Å²) in [5.74, 6) is 0. The number of aromatic nitrogens is 2. The van der Waals surface area contributed by atoms with Crippen molar-refractivity contribution in [3.8, 4) is 0 Å². The third-order valence-electron chi connectivity index (χ3n) is 2.35. The minimum atomic E-state index is -0.237. The van der Waals surface area contributed by atoms with Crippen LogP contribution in [0.1, 0.15) is 20.3 Å². The maximum atomic E-state index is 11.4. The number of ether oxygens (including phenoxy) is 1. The average Bonchev–Trinajstić information content (AvgIpc) is 2.16. The summed E-state index contributed by atoms with van der Waals surface area (Å²) in [6.07, 6.45) is 2.20. The van der Waals surface area contributed by atoms with Crippen molar-refractivity contribution < 1.29 is 4.74 Å². The zero-order valence-electron chi connectivity index (χ0n) is 9.16. The van der Waals surface area contributed by atoms with E-state index in [-0.39, 0.29) is 16.3 Å². The van der Waals surface area contributed by atoms with Gasteiger partial charge in [0, 0.05) is 19.7 Å². The largest absolute Gasteiger partial charge is 0.379 e. The molecule has 5 heteroatoms. The van der Waals surface area contributed by atoms with Gasteiger partial charge in [0.2, 0.25) is 0 Å². The van der Waals surface area contributed by atoms with Gasteiger partial charge < -0.3 is 4.74 Å². The summed E-state index contributed by atoms with van der Waals surface area (Å²) in [7, 11) is 1.66. The lowest BCUT2D eigenvalue weighted by Gasteiger charge is -2.22. The quantitative estimate of drug-likeness (QED) is 0.740. The predicted octanol–water partition coefficient (Wildman–Crippen LogP) is 1.71. The molecule has 0 saturated carbocycles. The van der Waals surface area contributed by atoms with Crippen molar-refractivity contribution in [3.63, 3.8) is 0 Å². The lowest BCUT2D eigenvalue weighted by Crippen LogP contribution is -2.28. The first kappa shape index (κ1) is 12.2. The Morgan fingerprint density at radius 3 is 2.80 bits per heavy atom. The maximum Gasteiger partial charge on any atom is 0.254 e. The van der Waals surface area contributed by atoms with E-state index in [0.29, 0.717) is 6.54 Å². The Bertz CT molecular complexity index is 387. The zero-order valence-corrected chi connectivity index (χ0v) is 9.91. The van der Waals surface area contributed by atoms with Crippen molar-refractivity contribution in [3.05, 3.63) is 27.9 Å². The van der Waals surface area contributed by atoms with E-state index >= 15 is 0 Å². The van der Waals surface area contributed by atoms with Gasteiger partial charge in [-0.15, -0.1) is 0 Å². The smallest absolute Gasteiger partial charge is 0.254 e. The van der Waals surface area contributed by atoms with E-state index < -0.39 is 0 Å². The molecule has 0 radical (unpaired) electrons. The number of rotatable bonds is 4. The first-order chi connectivity index (χ1) is 6.94. The molecular formula is C10H15ClN2O2. The fraction of sp³-hybridized carbons (Fsp3) is 0.600.